The van der Waals surface area contributed by atoms with Crippen LogP contribution in [0.4, 0.5) is 0 Å². The molecule has 0 amide bonds. The number of rotatable bonds is 6. The number of hydrogen-bond acceptors (Lipinski definition) is 1. The molecule has 100 valence electrons. The Hall–Kier alpha value is -1.60. The summed E-state index contributed by atoms with van der Waals surface area (Å²) in [5.74, 6) is 0. The van der Waals surface area contributed by atoms with Crippen molar-refractivity contribution < 1.29 is 4.74 Å². The molecule has 0 aliphatic carbocycles. The second kappa shape index (κ2) is 6.53. The molecule has 2 aromatic carbocycles. The van der Waals surface area contributed by atoms with Crippen LogP contribution in [0.1, 0.15) is 37.8 Å². The summed E-state index contributed by atoms with van der Waals surface area (Å²) in [6, 6.07) is 21.1. The predicted molar refractivity (Wildman–Crippen MR) is 80.2 cm³/mol. The van der Waals surface area contributed by atoms with E-state index in [1.165, 1.54) is 11.1 Å². The average molecular weight is 254 g/mol. The quantitative estimate of drug-likeness (QED) is 0.721. The first-order valence-corrected chi connectivity index (χ1v) is 7.08. The predicted octanol–water partition coefficient (Wildman–Crippen LogP) is 4.77. The molecule has 0 fully saturated rings. The molecule has 0 unspecified atom stereocenters. The lowest BCUT2D eigenvalue weighted by molar-refractivity contribution is -0.0212. The van der Waals surface area contributed by atoms with Crippen LogP contribution < -0.4 is 0 Å². The van der Waals surface area contributed by atoms with Crippen molar-refractivity contribution in [1.82, 2.24) is 0 Å². The van der Waals surface area contributed by atoms with E-state index in [0.29, 0.717) is 0 Å². The molecule has 1 nitrogen and oxygen atoms in total. The van der Waals surface area contributed by atoms with Gasteiger partial charge in [-0.25, -0.2) is 0 Å². The molecule has 19 heavy (non-hydrogen) atoms. The van der Waals surface area contributed by atoms with E-state index in [1.54, 1.807) is 0 Å². The molecular formula is C18H22O. The molecule has 0 aromatic heterocycles. The molecule has 0 spiro atoms. The van der Waals surface area contributed by atoms with E-state index in [4.69, 9.17) is 4.74 Å². The molecule has 2 rings (SSSR count). The van der Waals surface area contributed by atoms with E-state index in [1.807, 2.05) is 0 Å². The maximum absolute atomic E-state index is 6.30. The van der Waals surface area contributed by atoms with Gasteiger partial charge in [0.2, 0.25) is 0 Å². The van der Waals surface area contributed by atoms with E-state index in [2.05, 4.69) is 74.5 Å². The van der Waals surface area contributed by atoms with Crippen molar-refractivity contribution in [3.05, 3.63) is 71.8 Å². The van der Waals surface area contributed by atoms with Gasteiger partial charge in [-0.05, 0) is 24.0 Å². The highest BCUT2D eigenvalue weighted by Gasteiger charge is 2.32. The lowest BCUT2D eigenvalue weighted by Crippen LogP contribution is -2.31. The number of ether oxygens (including phenoxy) is 1. The molecule has 0 aliphatic heterocycles. The van der Waals surface area contributed by atoms with Crippen molar-refractivity contribution in [1.29, 1.82) is 0 Å². The van der Waals surface area contributed by atoms with Crippen LogP contribution in [0.3, 0.4) is 0 Å². The Balaban J connectivity index is 2.48. The molecule has 0 aliphatic rings. The van der Waals surface area contributed by atoms with Crippen molar-refractivity contribution in [3.8, 4) is 0 Å². The van der Waals surface area contributed by atoms with Crippen molar-refractivity contribution in [2.45, 2.75) is 32.3 Å². The molecule has 1 heteroatoms. The zero-order chi connectivity index (χ0) is 13.6. The highest BCUT2D eigenvalue weighted by atomic mass is 16.5. The van der Waals surface area contributed by atoms with Crippen molar-refractivity contribution in [2.24, 2.45) is 0 Å². The molecule has 0 saturated carbocycles. The van der Waals surface area contributed by atoms with Gasteiger partial charge in [0.1, 0.15) is 5.60 Å². The van der Waals surface area contributed by atoms with Gasteiger partial charge in [-0.1, -0.05) is 74.5 Å². The third kappa shape index (κ3) is 2.87. The van der Waals surface area contributed by atoms with Gasteiger partial charge >= 0.3 is 0 Å². The second-order valence-electron chi connectivity index (χ2n) is 4.76. The van der Waals surface area contributed by atoms with Crippen LogP contribution in [-0.2, 0) is 10.3 Å². The molecule has 0 bridgehead atoms. The van der Waals surface area contributed by atoms with Crippen LogP contribution in [0.2, 0.25) is 0 Å². The summed E-state index contributed by atoms with van der Waals surface area (Å²) >= 11 is 0. The van der Waals surface area contributed by atoms with Gasteiger partial charge in [0.25, 0.3) is 0 Å². The van der Waals surface area contributed by atoms with Crippen LogP contribution >= 0.6 is 0 Å². The summed E-state index contributed by atoms with van der Waals surface area (Å²) in [7, 11) is 0. The Bertz CT molecular complexity index is 436. The Morgan fingerprint density at radius 2 is 1.26 bits per heavy atom. The minimum atomic E-state index is -0.321. The lowest BCUT2D eigenvalue weighted by atomic mass is 9.84. The summed E-state index contributed by atoms with van der Waals surface area (Å²) in [5.41, 5.74) is 2.15. The monoisotopic (exact) mass is 254 g/mol. The van der Waals surface area contributed by atoms with Gasteiger partial charge in [-0.2, -0.15) is 0 Å². The van der Waals surface area contributed by atoms with Gasteiger partial charge in [-0.15, -0.1) is 0 Å². The van der Waals surface area contributed by atoms with E-state index < -0.39 is 0 Å². The Morgan fingerprint density at radius 1 is 0.789 bits per heavy atom. The molecular weight excluding hydrogens is 232 g/mol. The Morgan fingerprint density at radius 3 is 1.63 bits per heavy atom. The van der Waals surface area contributed by atoms with Crippen LogP contribution in [0.5, 0.6) is 0 Å². The van der Waals surface area contributed by atoms with E-state index in [-0.39, 0.29) is 5.60 Å². The zero-order valence-corrected chi connectivity index (χ0v) is 11.8. The van der Waals surface area contributed by atoms with Gasteiger partial charge < -0.3 is 4.74 Å². The SMILES string of the molecule is CCCOC(CC)(c1ccccc1)c1ccccc1. The van der Waals surface area contributed by atoms with Crippen molar-refractivity contribution in [3.63, 3.8) is 0 Å². The standard InChI is InChI=1S/C18H22O/c1-3-15-19-18(4-2,16-11-7-5-8-12-16)17-13-9-6-10-14-17/h5-14H,3-4,15H2,1-2H3. The minimum absolute atomic E-state index is 0.321. The highest BCUT2D eigenvalue weighted by molar-refractivity contribution is 5.36. The topological polar surface area (TPSA) is 9.23 Å². The Kier molecular flexibility index (Phi) is 4.75. The van der Waals surface area contributed by atoms with Gasteiger partial charge in [-0.3, -0.25) is 0 Å². The molecule has 0 N–H and O–H groups in total. The maximum Gasteiger partial charge on any atom is 0.118 e. The Labute approximate surface area is 116 Å². The van der Waals surface area contributed by atoms with Crippen LogP contribution in [0, 0.1) is 0 Å². The first-order valence-electron chi connectivity index (χ1n) is 7.08. The zero-order valence-electron chi connectivity index (χ0n) is 11.8. The van der Waals surface area contributed by atoms with Crippen LogP contribution in [-0.4, -0.2) is 6.61 Å². The van der Waals surface area contributed by atoms with E-state index >= 15 is 0 Å². The third-order valence-electron chi connectivity index (χ3n) is 3.53. The fourth-order valence-electron chi connectivity index (χ4n) is 2.53. The van der Waals surface area contributed by atoms with Crippen LogP contribution in [0.15, 0.2) is 60.7 Å². The summed E-state index contributed by atoms with van der Waals surface area (Å²) in [6.45, 7) is 5.11. The highest BCUT2D eigenvalue weighted by Crippen LogP contribution is 2.36. The molecule has 0 saturated heterocycles. The minimum Gasteiger partial charge on any atom is -0.366 e. The van der Waals surface area contributed by atoms with E-state index in [0.717, 1.165) is 19.4 Å². The first kappa shape index (κ1) is 13.8. The normalized spacial score (nSPS) is 11.5. The summed E-state index contributed by atoms with van der Waals surface area (Å²) < 4.78 is 6.30. The van der Waals surface area contributed by atoms with Gasteiger partial charge in [0, 0.05) is 6.61 Å². The summed E-state index contributed by atoms with van der Waals surface area (Å²) in [4.78, 5) is 0. The lowest BCUT2D eigenvalue weighted by Gasteiger charge is -2.34. The molecule has 0 atom stereocenters. The summed E-state index contributed by atoms with van der Waals surface area (Å²) in [6.07, 6.45) is 1.96. The fraction of sp³-hybridized carbons (Fsp3) is 0.333. The average Bonchev–Trinajstić information content (AvgIpc) is 2.51. The maximum atomic E-state index is 6.30. The fourth-order valence-corrected chi connectivity index (χ4v) is 2.53. The largest absolute Gasteiger partial charge is 0.366 e. The third-order valence-corrected chi connectivity index (χ3v) is 3.53. The van der Waals surface area contributed by atoms with Crippen molar-refractivity contribution >= 4 is 0 Å². The number of hydrogen-bond donors (Lipinski definition) is 0. The van der Waals surface area contributed by atoms with Gasteiger partial charge in [0.15, 0.2) is 0 Å². The summed E-state index contributed by atoms with van der Waals surface area (Å²) in [5, 5.41) is 0. The number of benzene rings is 2. The van der Waals surface area contributed by atoms with Gasteiger partial charge in [0.05, 0.1) is 0 Å². The van der Waals surface area contributed by atoms with Crippen LogP contribution in [0.25, 0.3) is 0 Å². The second-order valence-corrected chi connectivity index (χ2v) is 4.76. The molecule has 0 heterocycles. The smallest absolute Gasteiger partial charge is 0.118 e. The molecule has 2 aromatic rings. The first-order chi connectivity index (χ1) is 9.33. The van der Waals surface area contributed by atoms with Crippen molar-refractivity contribution in [2.75, 3.05) is 6.61 Å². The molecule has 0 radical (unpaired) electrons. The van der Waals surface area contributed by atoms with E-state index in [9.17, 15) is 0 Å².